The van der Waals surface area contributed by atoms with Crippen LogP contribution < -0.4 is 5.56 Å². The average Bonchev–Trinajstić information content (AvgIpc) is 2.41. The Morgan fingerprint density at radius 2 is 2.18 bits per heavy atom. The highest BCUT2D eigenvalue weighted by Crippen LogP contribution is 2.11. The summed E-state index contributed by atoms with van der Waals surface area (Å²) < 4.78 is 31.1. The van der Waals surface area contributed by atoms with Gasteiger partial charge in [0.2, 0.25) is 10.0 Å². The smallest absolute Gasteiger partial charge is 0.341 e. The maximum atomic E-state index is 12.2. The molecule has 0 aliphatic carbocycles. The number of pyridine rings is 1. The predicted octanol–water partition coefficient (Wildman–Crippen LogP) is -0.485. The van der Waals surface area contributed by atoms with Crippen molar-refractivity contribution in [2.45, 2.75) is 19.6 Å². The van der Waals surface area contributed by atoms with E-state index < -0.39 is 27.7 Å². The zero-order valence-corrected chi connectivity index (χ0v) is 13.2. The summed E-state index contributed by atoms with van der Waals surface area (Å²) in [5, 5.41) is 9.09. The first-order chi connectivity index (χ1) is 10.2. The van der Waals surface area contributed by atoms with Crippen LogP contribution in [-0.2, 0) is 21.3 Å². The van der Waals surface area contributed by atoms with Crippen molar-refractivity contribution in [3.8, 4) is 0 Å². The summed E-state index contributed by atoms with van der Waals surface area (Å²) in [5.41, 5.74) is -0.512. The number of morpholine rings is 1. The van der Waals surface area contributed by atoms with Crippen molar-refractivity contribution in [2.24, 2.45) is 0 Å². The Hall–Kier alpha value is -1.71. The van der Waals surface area contributed by atoms with Crippen molar-refractivity contribution >= 4 is 16.0 Å². The predicted molar refractivity (Wildman–Crippen MR) is 78.6 cm³/mol. The number of rotatable bonds is 4. The fraction of sp³-hybridized carbons (Fsp3) is 0.538. The van der Waals surface area contributed by atoms with Gasteiger partial charge in [-0.05, 0) is 18.6 Å². The van der Waals surface area contributed by atoms with Gasteiger partial charge in [0, 0.05) is 19.3 Å². The van der Waals surface area contributed by atoms with Crippen molar-refractivity contribution < 1.29 is 23.1 Å². The molecule has 0 radical (unpaired) electrons. The van der Waals surface area contributed by atoms with Gasteiger partial charge < -0.3 is 14.4 Å². The van der Waals surface area contributed by atoms with Crippen molar-refractivity contribution in [3.63, 3.8) is 0 Å². The maximum Gasteiger partial charge on any atom is 0.341 e. The van der Waals surface area contributed by atoms with E-state index in [2.05, 4.69) is 0 Å². The summed E-state index contributed by atoms with van der Waals surface area (Å²) in [6.07, 6.45) is 2.12. The zero-order chi connectivity index (χ0) is 16.5. The Kier molecular flexibility index (Phi) is 4.69. The Morgan fingerprint density at radius 1 is 1.50 bits per heavy atom. The monoisotopic (exact) mass is 330 g/mol. The Balaban J connectivity index is 2.23. The topological polar surface area (TPSA) is 106 Å². The number of hydrogen-bond acceptors (Lipinski definition) is 5. The molecule has 1 saturated heterocycles. The molecule has 0 amide bonds. The second kappa shape index (κ2) is 6.19. The molecule has 22 heavy (non-hydrogen) atoms. The number of carboxylic acids is 1. The summed E-state index contributed by atoms with van der Waals surface area (Å²) in [7, 11) is -3.32. The number of ether oxygens (including phenoxy) is 1. The molecule has 1 unspecified atom stereocenters. The molecular formula is C13H18N2O6S. The van der Waals surface area contributed by atoms with E-state index in [0.717, 1.165) is 6.26 Å². The Bertz CT molecular complexity index is 739. The first-order valence-corrected chi connectivity index (χ1v) is 8.55. The highest BCUT2D eigenvalue weighted by Gasteiger charge is 2.27. The lowest BCUT2D eigenvalue weighted by molar-refractivity contribution is -0.0106. The molecule has 1 fully saturated rings. The number of hydrogen-bond donors (Lipinski definition) is 1. The van der Waals surface area contributed by atoms with Crippen LogP contribution >= 0.6 is 0 Å². The van der Waals surface area contributed by atoms with Crippen LogP contribution in [0.1, 0.15) is 15.9 Å². The van der Waals surface area contributed by atoms with Crippen LogP contribution in [0.4, 0.5) is 0 Å². The number of carboxylic acid groups (broad SMARTS) is 1. The van der Waals surface area contributed by atoms with E-state index in [1.807, 2.05) is 0 Å². The largest absolute Gasteiger partial charge is 0.477 e. The van der Waals surface area contributed by atoms with Gasteiger partial charge in [-0.3, -0.25) is 4.79 Å². The molecule has 9 heteroatoms. The van der Waals surface area contributed by atoms with Crippen molar-refractivity contribution in [1.82, 2.24) is 8.87 Å². The lowest BCUT2D eigenvalue weighted by atomic mass is 10.1. The number of nitrogens with zero attached hydrogens (tertiary/aromatic N) is 2. The lowest BCUT2D eigenvalue weighted by Gasteiger charge is -2.31. The average molecular weight is 330 g/mol. The number of carbonyl (C=O) groups is 1. The number of aromatic carboxylic acids is 1. The van der Waals surface area contributed by atoms with E-state index in [1.54, 1.807) is 13.0 Å². The van der Waals surface area contributed by atoms with Crippen LogP contribution in [-0.4, -0.2) is 60.4 Å². The van der Waals surface area contributed by atoms with E-state index in [9.17, 15) is 18.0 Å². The summed E-state index contributed by atoms with van der Waals surface area (Å²) in [5.74, 6) is -1.28. The van der Waals surface area contributed by atoms with Gasteiger partial charge in [0.15, 0.2) is 0 Å². The maximum absolute atomic E-state index is 12.2. The summed E-state index contributed by atoms with van der Waals surface area (Å²) in [6.45, 7) is 2.31. The van der Waals surface area contributed by atoms with Crippen LogP contribution in [0.25, 0.3) is 0 Å². The lowest BCUT2D eigenvalue weighted by Crippen LogP contribution is -2.47. The van der Waals surface area contributed by atoms with E-state index in [0.29, 0.717) is 5.56 Å². The van der Waals surface area contributed by atoms with Gasteiger partial charge in [0.05, 0.1) is 25.5 Å². The van der Waals surface area contributed by atoms with E-state index in [4.69, 9.17) is 9.84 Å². The Labute approximate surface area is 128 Å². The van der Waals surface area contributed by atoms with Crippen molar-refractivity contribution in [1.29, 1.82) is 0 Å². The molecule has 1 aromatic rings. The Morgan fingerprint density at radius 3 is 2.77 bits per heavy atom. The molecule has 1 aliphatic heterocycles. The second-order valence-electron chi connectivity index (χ2n) is 5.25. The highest BCUT2D eigenvalue weighted by atomic mass is 32.2. The van der Waals surface area contributed by atoms with Crippen molar-refractivity contribution in [2.75, 3.05) is 26.0 Å². The molecule has 1 N–H and O–H groups in total. The van der Waals surface area contributed by atoms with Gasteiger partial charge in [-0.15, -0.1) is 0 Å². The fourth-order valence-corrected chi connectivity index (χ4v) is 3.24. The van der Waals surface area contributed by atoms with E-state index in [1.165, 1.54) is 15.1 Å². The number of aromatic nitrogens is 1. The van der Waals surface area contributed by atoms with Gasteiger partial charge >= 0.3 is 5.97 Å². The van der Waals surface area contributed by atoms with Gasteiger partial charge in [-0.1, -0.05) is 0 Å². The fourth-order valence-electron chi connectivity index (χ4n) is 2.39. The first kappa shape index (κ1) is 16.7. The molecular weight excluding hydrogens is 312 g/mol. The first-order valence-electron chi connectivity index (χ1n) is 6.70. The van der Waals surface area contributed by atoms with Gasteiger partial charge in [-0.25, -0.2) is 13.2 Å². The molecule has 2 heterocycles. The highest BCUT2D eigenvalue weighted by molar-refractivity contribution is 7.88. The third-order valence-electron chi connectivity index (χ3n) is 3.56. The van der Waals surface area contributed by atoms with E-state index >= 15 is 0 Å². The second-order valence-corrected chi connectivity index (χ2v) is 7.23. The standard InChI is InChI=1S/C13H18N2O6S/c1-9-3-4-14(12(16)11(9)13(17)18)7-10-8-15(5-6-21-10)22(2,19)20/h3-4,10H,5-8H2,1-2H3,(H,17,18). The van der Waals surface area contributed by atoms with Crippen LogP contribution in [0.3, 0.4) is 0 Å². The van der Waals surface area contributed by atoms with Gasteiger partial charge in [-0.2, -0.15) is 4.31 Å². The van der Waals surface area contributed by atoms with Crippen LogP contribution in [0, 0.1) is 6.92 Å². The molecule has 122 valence electrons. The summed E-state index contributed by atoms with van der Waals surface area (Å²) >= 11 is 0. The van der Waals surface area contributed by atoms with Crippen molar-refractivity contribution in [3.05, 3.63) is 33.7 Å². The van der Waals surface area contributed by atoms with E-state index in [-0.39, 0.29) is 31.8 Å². The quantitative estimate of drug-likeness (QED) is 0.799. The summed E-state index contributed by atoms with van der Waals surface area (Å²) in [6, 6.07) is 1.54. The SMILES string of the molecule is Cc1ccn(CC2CN(S(C)(=O)=O)CCO2)c(=O)c1C(=O)O. The number of aryl methyl sites for hydroxylation is 1. The van der Waals surface area contributed by atoms with Crippen LogP contribution in [0.5, 0.6) is 0 Å². The molecule has 0 spiro atoms. The zero-order valence-electron chi connectivity index (χ0n) is 12.4. The molecule has 1 atom stereocenters. The van der Waals surface area contributed by atoms with Gasteiger partial charge in [0.25, 0.3) is 5.56 Å². The van der Waals surface area contributed by atoms with Crippen LogP contribution in [0.15, 0.2) is 17.1 Å². The minimum atomic E-state index is -3.32. The molecule has 0 aromatic carbocycles. The number of sulfonamides is 1. The minimum absolute atomic E-state index is 0.103. The molecule has 8 nitrogen and oxygen atoms in total. The molecule has 1 aliphatic rings. The van der Waals surface area contributed by atoms with Crippen LogP contribution in [0.2, 0.25) is 0 Å². The third kappa shape index (κ3) is 3.54. The minimum Gasteiger partial charge on any atom is -0.477 e. The van der Waals surface area contributed by atoms with Gasteiger partial charge in [0.1, 0.15) is 5.56 Å². The molecule has 2 rings (SSSR count). The molecule has 0 saturated carbocycles. The summed E-state index contributed by atoms with van der Waals surface area (Å²) in [4.78, 5) is 23.3. The third-order valence-corrected chi connectivity index (χ3v) is 4.83. The normalized spacial score (nSPS) is 20.0. The molecule has 0 bridgehead atoms. The molecule has 1 aromatic heterocycles.